The monoisotopic (exact) mass is 251 g/mol. The van der Waals surface area contributed by atoms with Gasteiger partial charge in [0.05, 0.1) is 7.11 Å². The second-order valence-corrected chi connectivity index (χ2v) is 4.79. The lowest BCUT2D eigenvalue weighted by atomic mass is 9.93. The molecule has 0 amide bonds. The van der Waals surface area contributed by atoms with E-state index in [-0.39, 0.29) is 18.4 Å². The van der Waals surface area contributed by atoms with Crippen LogP contribution >= 0.6 is 0 Å². The summed E-state index contributed by atoms with van der Waals surface area (Å²) >= 11 is 0. The third-order valence-corrected chi connectivity index (χ3v) is 2.96. The zero-order valence-electron chi connectivity index (χ0n) is 11.1. The summed E-state index contributed by atoms with van der Waals surface area (Å²) in [6.45, 7) is 3.90. The van der Waals surface area contributed by atoms with Crippen molar-refractivity contribution in [3.8, 4) is 5.75 Å². The number of rotatable bonds is 6. The minimum absolute atomic E-state index is 0.0442. The standard InChI is InChI=1S/C14H21NO3/c1-9-4-5-13(18-3)11(6-9)12(15)7-10(2)8-14(16)17/h4-6,10,12H,7-8,15H2,1-3H3,(H,16,17). The molecule has 1 aromatic carbocycles. The first kappa shape index (κ1) is 14.5. The van der Waals surface area contributed by atoms with Gasteiger partial charge >= 0.3 is 5.97 Å². The van der Waals surface area contributed by atoms with Crippen molar-refractivity contribution in [1.82, 2.24) is 0 Å². The Hall–Kier alpha value is -1.55. The van der Waals surface area contributed by atoms with Gasteiger partial charge in [0.25, 0.3) is 0 Å². The van der Waals surface area contributed by atoms with Gasteiger partial charge in [0, 0.05) is 18.0 Å². The average molecular weight is 251 g/mol. The molecule has 1 rings (SSSR count). The van der Waals surface area contributed by atoms with Crippen molar-refractivity contribution in [2.24, 2.45) is 11.7 Å². The minimum atomic E-state index is -0.786. The topological polar surface area (TPSA) is 72.5 Å². The van der Waals surface area contributed by atoms with Crippen LogP contribution in [0.25, 0.3) is 0 Å². The highest BCUT2D eigenvalue weighted by Crippen LogP contribution is 2.29. The lowest BCUT2D eigenvalue weighted by Gasteiger charge is -2.19. The van der Waals surface area contributed by atoms with Gasteiger partial charge in [-0.25, -0.2) is 0 Å². The van der Waals surface area contributed by atoms with Crippen LogP contribution < -0.4 is 10.5 Å². The highest BCUT2D eigenvalue weighted by atomic mass is 16.5. The molecule has 0 saturated heterocycles. The number of benzene rings is 1. The third kappa shape index (κ3) is 4.04. The van der Waals surface area contributed by atoms with E-state index in [1.54, 1.807) is 7.11 Å². The second-order valence-electron chi connectivity index (χ2n) is 4.79. The SMILES string of the molecule is COc1ccc(C)cc1C(N)CC(C)CC(=O)O. The molecule has 100 valence electrons. The lowest BCUT2D eigenvalue weighted by molar-refractivity contribution is -0.138. The Morgan fingerprint density at radius 2 is 2.17 bits per heavy atom. The molecule has 0 saturated carbocycles. The average Bonchev–Trinajstić information content (AvgIpc) is 2.27. The smallest absolute Gasteiger partial charge is 0.303 e. The van der Waals surface area contributed by atoms with Crippen molar-refractivity contribution in [1.29, 1.82) is 0 Å². The molecule has 18 heavy (non-hydrogen) atoms. The third-order valence-electron chi connectivity index (χ3n) is 2.96. The van der Waals surface area contributed by atoms with E-state index in [1.807, 2.05) is 32.0 Å². The van der Waals surface area contributed by atoms with Gasteiger partial charge in [-0.3, -0.25) is 4.79 Å². The van der Waals surface area contributed by atoms with E-state index in [9.17, 15) is 4.79 Å². The molecule has 2 unspecified atom stereocenters. The number of nitrogens with two attached hydrogens (primary N) is 1. The van der Waals surface area contributed by atoms with Gasteiger partial charge in [0.2, 0.25) is 0 Å². The normalized spacial score (nSPS) is 14.0. The molecule has 4 nitrogen and oxygen atoms in total. The minimum Gasteiger partial charge on any atom is -0.496 e. The predicted octanol–water partition coefficient (Wildman–Crippen LogP) is 2.50. The first-order valence-corrected chi connectivity index (χ1v) is 6.06. The lowest BCUT2D eigenvalue weighted by Crippen LogP contribution is -2.17. The highest BCUT2D eigenvalue weighted by Gasteiger charge is 2.17. The highest BCUT2D eigenvalue weighted by molar-refractivity contribution is 5.66. The number of ether oxygens (including phenoxy) is 1. The molecule has 0 spiro atoms. The summed E-state index contributed by atoms with van der Waals surface area (Å²) in [5, 5.41) is 8.75. The van der Waals surface area contributed by atoms with Crippen LogP contribution in [0.1, 0.15) is 36.9 Å². The first-order valence-electron chi connectivity index (χ1n) is 6.06. The zero-order chi connectivity index (χ0) is 13.7. The summed E-state index contributed by atoms with van der Waals surface area (Å²) in [7, 11) is 1.61. The van der Waals surface area contributed by atoms with Crippen LogP contribution in [0.3, 0.4) is 0 Å². The molecule has 3 N–H and O–H groups in total. The molecule has 0 fully saturated rings. The molecule has 0 aromatic heterocycles. The second kappa shape index (κ2) is 6.40. The summed E-state index contributed by atoms with van der Waals surface area (Å²) in [6, 6.07) is 5.66. The van der Waals surface area contributed by atoms with E-state index >= 15 is 0 Å². The number of hydrogen-bond donors (Lipinski definition) is 2. The summed E-state index contributed by atoms with van der Waals surface area (Å²) in [5.41, 5.74) is 8.20. The van der Waals surface area contributed by atoms with Crippen molar-refractivity contribution in [3.05, 3.63) is 29.3 Å². The fourth-order valence-corrected chi connectivity index (χ4v) is 2.09. The van der Waals surface area contributed by atoms with Crippen molar-refractivity contribution < 1.29 is 14.6 Å². The fraction of sp³-hybridized carbons (Fsp3) is 0.500. The largest absolute Gasteiger partial charge is 0.496 e. The van der Waals surface area contributed by atoms with Crippen molar-refractivity contribution in [2.45, 2.75) is 32.7 Å². The molecule has 0 aliphatic heterocycles. The number of hydrogen-bond acceptors (Lipinski definition) is 3. The molecule has 0 bridgehead atoms. The van der Waals surface area contributed by atoms with Gasteiger partial charge in [0.1, 0.15) is 5.75 Å². The van der Waals surface area contributed by atoms with Crippen LogP contribution in [0, 0.1) is 12.8 Å². The molecule has 4 heteroatoms. The fourth-order valence-electron chi connectivity index (χ4n) is 2.09. The maximum absolute atomic E-state index is 10.6. The van der Waals surface area contributed by atoms with Crippen molar-refractivity contribution in [2.75, 3.05) is 7.11 Å². The van der Waals surface area contributed by atoms with Crippen LogP contribution in [-0.4, -0.2) is 18.2 Å². The number of aliphatic carboxylic acids is 1. The molecule has 0 heterocycles. The Morgan fingerprint density at radius 3 is 2.72 bits per heavy atom. The summed E-state index contributed by atoms with van der Waals surface area (Å²) in [4.78, 5) is 10.6. The number of carboxylic acid groups (broad SMARTS) is 1. The molecular weight excluding hydrogens is 230 g/mol. The molecule has 1 aromatic rings. The van der Waals surface area contributed by atoms with E-state index < -0.39 is 5.97 Å². The number of methoxy groups -OCH3 is 1. The molecule has 0 radical (unpaired) electrons. The number of carbonyl (C=O) groups is 1. The first-order chi connectivity index (χ1) is 8.43. The molecular formula is C14H21NO3. The Bertz CT molecular complexity index is 418. The van der Waals surface area contributed by atoms with E-state index in [1.165, 1.54) is 0 Å². The van der Waals surface area contributed by atoms with Gasteiger partial charge in [-0.1, -0.05) is 24.6 Å². The van der Waals surface area contributed by atoms with Gasteiger partial charge in [-0.05, 0) is 25.3 Å². The summed E-state index contributed by atoms with van der Waals surface area (Å²) < 4.78 is 5.29. The Morgan fingerprint density at radius 1 is 1.50 bits per heavy atom. The van der Waals surface area contributed by atoms with Crippen LogP contribution in [-0.2, 0) is 4.79 Å². The van der Waals surface area contributed by atoms with Gasteiger partial charge in [-0.15, -0.1) is 0 Å². The number of carboxylic acids is 1. The Balaban J connectivity index is 2.79. The molecule has 0 aliphatic rings. The predicted molar refractivity (Wildman–Crippen MR) is 70.7 cm³/mol. The number of aryl methyl sites for hydroxylation is 1. The summed E-state index contributed by atoms with van der Waals surface area (Å²) in [6.07, 6.45) is 0.772. The van der Waals surface area contributed by atoms with Gasteiger partial charge in [0.15, 0.2) is 0 Å². The molecule has 2 atom stereocenters. The van der Waals surface area contributed by atoms with Crippen LogP contribution in [0.2, 0.25) is 0 Å². The van der Waals surface area contributed by atoms with E-state index in [4.69, 9.17) is 15.6 Å². The van der Waals surface area contributed by atoms with E-state index in [0.29, 0.717) is 6.42 Å². The van der Waals surface area contributed by atoms with Gasteiger partial charge in [-0.2, -0.15) is 0 Å². The zero-order valence-corrected chi connectivity index (χ0v) is 11.1. The van der Waals surface area contributed by atoms with Gasteiger partial charge < -0.3 is 15.6 Å². The summed E-state index contributed by atoms with van der Waals surface area (Å²) in [5.74, 6) is 0.0178. The van der Waals surface area contributed by atoms with E-state index in [2.05, 4.69) is 0 Å². The maximum atomic E-state index is 10.6. The van der Waals surface area contributed by atoms with Crippen LogP contribution in [0.5, 0.6) is 5.75 Å². The van der Waals surface area contributed by atoms with Crippen LogP contribution in [0.4, 0.5) is 0 Å². The maximum Gasteiger partial charge on any atom is 0.303 e. The quantitative estimate of drug-likeness (QED) is 0.814. The van der Waals surface area contributed by atoms with Crippen LogP contribution in [0.15, 0.2) is 18.2 Å². The Kier molecular flexibility index (Phi) is 5.16. The molecule has 0 aliphatic carbocycles. The van der Waals surface area contributed by atoms with Crippen molar-refractivity contribution in [3.63, 3.8) is 0 Å². The van der Waals surface area contributed by atoms with E-state index in [0.717, 1.165) is 16.9 Å². The Labute approximate surface area is 108 Å². The van der Waals surface area contributed by atoms with Crippen molar-refractivity contribution >= 4 is 5.97 Å².